The number of nitrogens with two attached hydrogens (primary N) is 3. The van der Waals surface area contributed by atoms with Gasteiger partial charge in [0.05, 0.1) is 0 Å². The lowest BCUT2D eigenvalue weighted by Gasteiger charge is -2.33. The van der Waals surface area contributed by atoms with Crippen LogP contribution in [0.15, 0.2) is 0 Å². The summed E-state index contributed by atoms with van der Waals surface area (Å²) in [6.07, 6.45) is -9.67. The van der Waals surface area contributed by atoms with E-state index < -0.39 is 51.4 Å². The van der Waals surface area contributed by atoms with E-state index in [1.807, 2.05) is 0 Å². The van der Waals surface area contributed by atoms with Crippen LogP contribution in [0.25, 0.3) is 0 Å². The number of hydrogen-bond acceptors (Lipinski definition) is 3. The quantitative estimate of drug-likeness (QED) is 0.513. The molecule has 0 aromatic rings. The fourth-order valence-corrected chi connectivity index (χ4v) is 1.97. The SMILES string of the molecule is N[Si](N)(N)CCCC(F)(F)C(F)(F)C(F)(F)C(F)(F)F. The second-order valence-corrected chi connectivity index (χ2v) is 7.04. The van der Waals surface area contributed by atoms with Gasteiger partial charge in [-0.15, -0.1) is 0 Å². The lowest BCUT2D eigenvalue weighted by Crippen LogP contribution is -2.65. The van der Waals surface area contributed by atoms with Gasteiger partial charge in [0.15, 0.2) is 0 Å². The van der Waals surface area contributed by atoms with Crippen molar-refractivity contribution in [1.82, 2.24) is 0 Å². The Morgan fingerprint density at radius 2 is 1.10 bits per heavy atom. The third kappa shape index (κ3) is 3.99. The van der Waals surface area contributed by atoms with E-state index in [9.17, 15) is 39.5 Å². The summed E-state index contributed by atoms with van der Waals surface area (Å²) in [4.78, 5) is 0. The summed E-state index contributed by atoms with van der Waals surface area (Å²) in [5.41, 5.74) is 0. The molecule has 0 saturated heterocycles. The molecule has 0 bridgehead atoms. The van der Waals surface area contributed by atoms with Gasteiger partial charge in [-0.3, -0.25) is 0 Å². The molecular weight excluding hydrogens is 325 g/mol. The minimum atomic E-state index is -6.87. The second kappa shape index (κ2) is 5.34. The van der Waals surface area contributed by atoms with Crippen molar-refractivity contribution in [1.29, 1.82) is 0 Å². The van der Waals surface area contributed by atoms with Crippen molar-refractivity contribution in [3.63, 3.8) is 0 Å². The highest BCUT2D eigenvalue weighted by Crippen LogP contribution is 2.54. The molecular formula is C7H12F9N3Si. The Labute approximate surface area is 108 Å². The maximum absolute atomic E-state index is 13.0. The Bertz CT molecular complexity index is 335. The molecule has 0 unspecified atom stereocenters. The van der Waals surface area contributed by atoms with Crippen LogP contribution in [0.4, 0.5) is 39.5 Å². The van der Waals surface area contributed by atoms with Crippen LogP contribution in [0.3, 0.4) is 0 Å². The maximum Gasteiger partial charge on any atom is 0.460 e. The van der Waals surface area contributed by atoms with Gasteiger partial charge in [0, 0.05) is 6.42 Å². The Balaban J connectivity index is 5.08. The van der Waals surface area contributed by atoms with Crippen molar-refractivity contribution in [2.75, 3.05) is 0 Å². The van der Waals surface area contributed by atoms with E-state index in [4.69, 9.17) is 16.2 Å². The Kier molecular flexibility index (Phi) is 5.20. The zero-order valence-electron chi connectivity index (χ0n) is 9.76. The number of hydrogen-bond donors (Lipinski definition) is 3. The summed E-state index contributed by atoms with van der Waals surface area (Å²) >= 11 is 0. The Hall–Kier alpha value is -0.533. The van der Waals surface area contributed by atoms with Crippen molar-refractivity contribution in [2.45, 2.75) is 42.8 Å². The van der Waals surface area contributed by atoms with E-state index >= 15 is 0 Å². The van der Waals surface area contributed by atoms with Gasteiger partial charge in [-0.2, -0.15) is 39.5 Å². The molecule has 0 amide bonds. The van der Waals surface area contributed by atoms with Crippen molar-refractivity contribution < 1.29 is 39.5 Å². The van der Waals surface area contributed by atoms with Crippen LogP contribution in [-0.4, -0.2) is 32.5 Å². The summed E-state index contributed by atoms with van der Waals surface area (Å²) in [7, 11) is -3.39. The average molecular weight is 337 g/mol. The van der Waals surface area contributed by atoms with Crippen LogP contribution in [0, 0.1) is 0 Å². The molecule has 0 spiro atoms. The fraction of sp³-hybridized carbons (Fsp3) is 1.00. The third-order valence-corrected chi connectivity index (χ3v) is 3.53. The molecule has 0 atom stereocenters. The predicted octanol–water partition coefficient (Wildman–Crippen LogP) is 2.05. The monoisotopic (exact) mass is 337 g/mol. The molecule has 0 aliphatic heterocycles. The molecule has 3 nitrogen and oxygen atoms in total. The highest BCUT2D eigenvalue weighted by atomic mass is 28.4. The molecule has 122 valence electrons. The first-order chi connectivity index (χ1) is 8.46. The molecule has 0 aromatic heterocycles. The lowest BCUT2D eigenvalue weighted by atomic mass is 10.00. The summed E-state index contributed by atoms with van der Waals surface area (Å²) in [6.45, 7) is 0. The third-order valence-electron chi connectivity index (χ3n) is 2.31. The van der Waals surface area contributed by atoms with Gasteiger partial charge < -0.3 is 16.2 Å². The van der Waals surface area contributed by atoms with E-state index in [0.717, 1.165) is 0 Å². The molecule has 0 saturated carbocycles. The summed E-state index contributed by atoms with van der Waals surface area (Å²) in [5, 5.41) is 15.2. The topological polar surface area (TPSA) is 78.1 Å². The largest absolute Gasteiger partial charge is 0.460 e. The number of halogens is 9. The molecule has 0 heterocycles. The summed E-state index contributed by atoms with van der Waals surface area (Å²) in [6, 6.07) is -0.545. The smallest absolute Gasteiger partial charge is 0.327 e. The Morgan fingerprint density at radius 1 is 0.700 bits per heavy atom. The molecule has 0 radical (unpaired) electrons. The molecule has 0 rings (SSSR count). The zero-order chi connectivity index (χ0) is 16.6. The van der Waals surface area contributed by atoms with Gasteiger partial charge in [0.1, 0.15) is 0 Å². The van der Waals surface area contributed by atoms with Crippen LogP contribution >= 0.6 is 0 Å². The number of rotatable bonds is 6. The fourth-order valence-electron chi connectivity index (χ4n) is 1.18. The molecule has 0 aromatic carbocycles. The first kappa shape index (κ1) is 19.5. The molecule has 0 aliphatic carbocycles. The van der Waals surface area contributed by atoms with Crippen LogP contribution in [0.1, 0.15) is 12.8 Å². The van der Waals surface area contributed by atoms with Crippen molar-refractivity contribution >= 4 is 8.56 Å². The van der Waals surface area contributed by atoms with Crippen molar-refractivity contribution in [2.24, 2.45) is 16.2 Å². The molecule has 13 heteroatoms. The van der Waals surface area contributed by atoms with E-state index in [2.05, 4.69) is 0 Å². The van der Waals surface area contributed by atoms with Gasteiger partial charge >= 0.3 is 23.9 Å². The van der Waals surface area contributed by atoms with Gasteiger partial charge in [-0.1, -0.05) is 0 Å². The van der Waals surface area contributed by atoms with E-state index in [1.54, 1.807) is 0 Å². The lowest BCUT2D eigenvalue weighted by molar-refractivity contribution is -0.396. The summed E-state index contributed by atoms with van der Waals surface area (Å²) in [5.74, 6) is -19.1. The van der Waals surface area contributed by atoms with E-state index in [0.29, 0.717) is 0 Å². The highest BCUT2D eigenvalue weighted by molar-refractivity contribution is 6.70. The van der Waals surface area contributed by atoms with Crippen LogP contribution in [0.5, 0.6) is 0 Å². The van der Waals surface area contributed by atoms with Crippen LogP contribution in [-0.2, 0) is 0 Å². The summed E-state index contributed by atoms with van der Waals surface area (Å²) < 4.78 is 112. The molecule has 20 heavy (non-hydrogen) atoms. The standard InChI is InChI=1S/C7H12F9N3Si/c8-4(9,2-1-3-20(17,18)19)5(10,11)6(12,13)7(14,15)16/h1-3,17-19H2. The van der Waals surface area contributed by atoms with Gasteiger partial charge in [0.25, 0.3) is 8.56 Å². The average Bonchev–Trinajstić information content (AvgIpc) is 2.12. The van der Waals surface area contributed by atoms with Crippen LogP contribution in [0.2, 0.25) is 6.04 Å². The molecule has 0 fully saturated rings. The molecule has 0 aliphatic rings. The highest BCUT2D eigenvalue weighted by Gasteiger charge is 2.81. The van der Waals surface area contributed by atoms with E-state index in [1.165, 1.54) is 0 Å². The van der Waals surface area contributed by atoms with E-state index in [-0.39, 0.29) is 0 Å². The van der Waals surface area contributed by atoms with Crippen molar-refractivity contribution in [3.05, 3.63) is 0 Å². The molecule has 6 N–H and O–H groups in total. The normalized spacial score (nSPS) is 15.6. The van der Waals surface area contributed by atoms with Gasteiger partial charge in [-0.05, 0) is 12.5 Å². The zero-order valence-corrected chi connectivity index (χ0v) is 10.8. The van der Waals surface area contributed by atoms with Gasteiger partial charge in [0.2, 0.25) is 0 Å². The predicted molar refractivity (Wildman–Crippen MR) is 53.3 cm³/mol. The van der Waals surface area contributed by atoms with Gasteiger partial charge in [-0.25, -0.2) is 0 Å². The van der Waals surface area contributed by atoms with Crippen molar-refractivity contribution in [3.8, 4) is 0 Å². The maximum atomic E-state index is 13.0. The first-order valence-electron chi connectivity index (χ1n) is 5.02. The Morgan fingerprint density at radius 3 is 1.40 bits per heavy atom. The number of alkyl halides is 9. The van der Waals surface area contributed by atoms with Crippen LogP contribution < -0.4 is 16.2 Å². The second-order valence-electron chi connectivity index (χ2n) is 4.32. The first-order valence-corrected chi connectivity index (χ1v) is 7.46. The minimum absolute atomic E-state index is 0.545. The minimum Gasteiger partial charge on any atom is -0.327 e.